The van der Waals surface area contributed by atoms with Crippen LogP contribution in [0.4, 0.5) is 13.2 Å². The van der Waals surface area contributed by atoms with Crippen molar-refractivity contribution in [3.8, 4) is 0 Å². The van der Waals surface area contributed by atoms with Crippen LogP contribution in [-0.2, 0) is 9.53 Å². The molecule has 1 atom stereocenters. The van der Waals surface area contributed by atoms with Crippen LogP contribution in [0.25, 0.3) is 0 Å². The molecule has 0 aliphatic heterocycles. The fraction of sp³-hybridized carbons (Fsp3) is 0.571. The minimum Gasteiger partial charge on any atom is -0.355 e. The molecular weight excluding hydrogens is 187 g/mol. The Morgan fingerprint density at radius 2 is 2.23 bits per heavy atom. The molecule has 0 spiro atoms. The lowest BCUT2D eigenvalue weighted by molar-refractivity contribution is -0.177. The van der Waals surface area contributed by atoms with Crippen LogP contribution >= 0.6 is 0 Å². The minimum absolute atomic E-state index is 0.0826. The minimum atomic E-state index is -4.87. The molecule has 1 N–H and O–H groups in total. The predicted octanol–water partition coefficient (Wildman–Crippen LogP) is 1.21. The smallest absolute Gasteiger partial charge is 0.355 e. The average Bonchev–Trinajstić information content (AvgIpc) is 1.99. The molecule has 76 valence electrons. The van der Waals surface area contributed by atoms with Gasteiger partial charge in [-0.1, -0.05) is 6.08 Å². The number of hydrogen-bond acceptors (Lipinski definition) is 2. The second kappa shape index (κ2) is 4.86. The number of amides is 1. The Hall–Kier alpha value is -1.04. The van der Waals surface area contributed by atoms with E-state index < -0.39 is 18.3 Å². The van der Waals surface area contributed by atoms with Crippen LogP contribution in [0.3, 0.4) is 0 Å². The van der Waals surface area contributed by atoms with Crippen LogP contribution in [-0.4, -0.2) is 24.9 Å². The highest BCUT2D eigenvalue weighted by Crippen LogP contribution is 2.14. The van der Waals surface area contributed by atoms with E-state index in [-0.39, 0.29) is 6.61 Å². The molecule has 3 nitrogen and oxygen atoms in total. The first-order valence-corrected chi connectivity index (χ1v) is 3.48. The van der Waals surface area contributed by atoms with Crippen LogP contribution < -0.4 is 5.32 Å². The van der Waals surface area contributed by atoms with Crippen molar-refractivity contribution in [2.75, 3.05) is 6.61 Å². The SMILES string of the molecule is C=CCOC(C)NC(=O)C(F)(F)F. The summed E-state index contributed by atoms with van der Waals surface area (Å²) < 4.78 is 39.6. The quantitative estimate of drug-likeness (QED) is 0.543. The predicted molar refractivity (Wildman–Crippen MR) is 39.8 cm³/mol. The molecule has 0 aromatic carbocycles. The standard InChI is InChI=1S/C7H10F3NO2/c1-3-4-13-5(2)11-6(12)7(8,9)10/h3,5H,1,4H2,2H3,(H,11,12). The highest BCUT2D eigenvalue weighted by Gasteiger charge is 2.39. The highest BCUT2D eigenvalue weighted by atomic mass is 19.4. The Labute approximate surface area is 73.6 Å². The lowest BCUT2D eigenvalue weighted by Crippen LogP contribution is -2.42. The number of nitrogens with one attached hydrogen (secondary N) is 1. The number of hydrogen-bond donors (Lipinski definition) is 1. The zero-order valence-electron chi connectivity index (χ0n) is 7.02. The summed E-state index contributed by atoms with van der Waals surface area (Å²) in [7, 11) is 0. The fourth-order valence-electron chi connectivity index (χ4n) is 0.520. The summed E-state index contributed by atoms with van der Waals surface area (Å²) in [6, 6.07) is 0. The van der Waals surface area contributed by atoms with Gasteiger partial charge in [0.15, 0.2) is 0 Å². The molecule has 0 aromatic heterocycles. The van der Waals surface area contributed by atoms with Crippen molar-refractivity contribution < 1.29 is 22.7 Å². The summed E-state index contributed by atoms with van der Waals surface area (Å²) in [4.78, 5) is 10.3. The second-order valence-corrected chi connectivity index (χ2v) is 2.24. The van der Waals surface area contributed by atoms with Crippen molar-refractivity contribution in [3.05, 3.63) is 12.7 Å². The number of carbonyl (C=O) groups excluding carboxylic acids is 1. The van der Waals surface area contributed by atoms with Gasteiger partial charge in [0.2, 0.25) is 0 Å². The molecule has 0 aromatic rings. The van der Waals surface area contributed by atoms with Gasteiger partial charge in [0.25, 0.3) is 0 Å². The maximum absolute atomic E-state index is 11.6. The molecule has 0 radical (unpaired) electrons. The van der Waals surface area contributed by atoms with Gasteiger partial charge in [-0.05, 0) is 6.92 Å². The van der Waals surface area contributed by atoms with E-state index in [1.165, 1.54) is 13.0 Å². The van der Waals surface area contributed by atoms with Crippen LogP contribution in [0.5, 0.6) is 0 Å². The molecule has 0 heterocycles. The maximum Gasteiger partial charge on any atom is 0.471 e. The molecule has 0 rings (SSSR count). The van der Waals surface area contributed by atoms with E-state index in [1.54, 1.807) is 5.32 Å². The van der Waals surface area contributed by atoms with Gasteiger partial charge in [-0.25, -0.2) is 0 Å². The van der Waals surface area contributed by atoms with Gasteiger partial charge >= 0.3 is 12.1 Å². The first-order chi connectivity index (χ1) is 5.88. The van der Waals surface area contributed by atoms with Crippen LogP contribution in [0, 0.1) is 0 Å². The number of ether oxygens (including phenoxy) is 1. The number of halogens is 3. The summed E-state index contributed by atoms with van der Waals surface area (Å²) in [5, 5.41) is 1.62. The van der Waals surface area contributed by atoms with Crippen LogP contribution in [0.2, 0.25) is 0 Å². The van der Waals surface area contributed by atoms with E-state index in [4.69, 9.17) is 4.74 Å². The van der Waals surface area contributed by atoms with Crippen molar-refractivity contribution in [3.63, 3.8) is 0 Å². The highest BCUT2D eigenvalue weighted by molar-refractivity contribution is 5.81. The monoisotopic (exact) mass is 197 g/mol. The van der Waals surface area contributed by atoms with E-state index in [2.05, 4.69) is 6.58 Å². The largest absolute Gasteiger partial charge is 0.471 e. The molecule has 6 heteroatoms. The molecule has 13 heavy (non-hydrogen) atoms. The fourth-order valence-corrected chi connectivity index (χ4v) is 0.520. The Bertz CT molecular complexity index is 191. The molecule has 1 unspecified atom stereocenters. The summed E-state index contributed by atoms with van der Waals surface area (Å²) >= 11 is 0. The van der Waals surface area contributed by atoms with Gasteiger partial charge in [0.1, 0.15) is 6.23 Å². The lowest BCUT2D eigenvalue weighted by atomic mass is 10.5. The summed E-state index contributed by atoms with van der Waals surface area (Å²) in [6.45, 7) is 4.68. The summed E-state index contributed by atoms with van der Waals surface area (Å²) in [5.74, 6) is -2.01. The third kappa shape index (κ3) is 5.24. The van der Waals surface area contributed by atoms with Crippen molar-refractivity contribution >= 4 is 5.91 Å². The van der Waals surface area contributed by atoms with E-state index in [0.29, 0.717) is 0 Å². The lowest BCUT2D eigenvalue weighted by Gasteiger charge is -2.14. The van der Waals surface area contributed by atoms with Crippen LogP contribution in [0.15, 0.2) is 12.7 Å². The van der Waals surface area contributed by atoms with Gasteiger partial charge < -0.3 is 10.1 Å². The number of carbonyl (C=O) groups is 1. The van der Waals surface area contributed by atoms with E-state index in [9.17, 15) is 18.0 Å². The van der Waals surface area contributed by atoms with E-state index in [1.807, 2.05) is 0 Å². The molecule has 1 amide bonds. The number of rotatable bonds is 4. The van der Waals surface area contributed by atoms with Crippen LogP contribution in [0.1, 0.15) is 6.92 Å². The van der Waals surface area contributed by atoms with Gasteiger partial charge in [-0.15, -0.1) is 6.58 Å². The van der Waals surface area contributed by atoms with E-state index >= 15 is 0 Å². The van der Waals surface area contributed by atoms with Gasteiger partial charge in [-0.3, -0.25) is 4.79 Å². The Kier molecular flexibility index (Phi) is 4.47. The second-order valence-electron chi connectivity index (χ2n) is 2.24. The van der Waals surface area contributed by atoms with Crippen molar-refractivity contribution in [1.29, 1.82) is 0 Å². The summed E-state index contributed by atoms with van der Waals surface area (Å²) in [5.41, 5.74) is 0. The zero-order chi connectivity index (χ0) is 10.5. The Balaban J connectivity index is 3.85. The molecule has 0 aliphatic rings. The molecule has 0 aliphatic carbocycles. The Morgan fingerprint density at radius 3 is 2.62 bits per heavy atom. The van der Waals surface area contributed by atoms with Gasteiger partial charge in [-0.2, -0.15) is 13.2 Å². The molecular formula is C7H10F3NO2. The first-order valence-electron chi connectivity index (χ1n) is 3.48. The zero-order valence-corrected chi connectivity index (χ0v) is 7.02. The number of alkyl halides is 3. The third-order valence-corrected chi connectivity index (χ3v) is 1.06. The Morgan fingerprint density at radius 1 is 1.69 bits per heavy atom. The normalized spacial score (nSPS) is 13.5. The average molecular weight is 197 g/mol. The molecule has 0 fully saturated rings. The molecule has 0 saturated heterocycles. The van der Waals surface area contributed by atoms with Crippen molar-refractivity contribution in [2.45, 2.75) is 19.3 Å². The molecule has 0 bridgehead atoms. The third-order valence-electron chi connectivity index (χ3n) is 1.06. The maximum atomic E-state index is 11.6. The topological polar surface area (TPSA) is 38.3 Å². The summed E-state index contributed by atoms with van der Waals surface area (Å²) in [6.07, 6.45) is -4.48. The van der Waals surface area contributed by atoms with Gasteiger partial charge in [0.05, 0.1) is 6.61 Å². The molecule has 0 saturated carbocycles. The van der Waals surface area contributed by atoms with E-state index in [0.717, 1.165) is 0 Å². The first kappa shape index (κ1) is 12.0. The van der Waals surface area contributed by atoms with Crippen molar-refractivity contribution in [1.82, 2.24) is 5.32 Å². The van der Waals surface area contributed by atoms with Gasteiger partial charge in [0, 0.05) is 0 Å². The van der Waals surface area contributed by atoms with Crippen molar-refractivity contribution in [2.24, 2.45) is 0 Å².